The summed E-state index contributed by atoms with van der Waals surface area (Å²) < 4.78 is 40.3. The van der Waals surface area contributed by atoms with Crippen molar-refractivity contribution < 1.29 is 27.8 Å². The Bertz CT molecular complexity index is 916. The van der Waals surface area contributed by atoms with Gasteiger partial charge in [0.25, 0.3) is 0 Å². The first-order valence-corrected chi connectivity index (χ1v) is 14.0. The number of benzene rings is 1. The van der Waals surface area contributed by atoms with Crippen LogP contribution in [0.5, 0.6) is 0 Å². The molecule has 190 valence electrons. The van der Waals surface area contributed by atoms with Crippen molar-refractivity contribution in [1.29, 1.82) is 0 Å². The summed E-state index contributed by atoms with van der Waals surface area (Å²) in [4.78, 5) is 12.8. The number of fused-ring (bicyclic) bond motifs is 1. The van der Waals surface area contributed by atoms with Gasteiger partial charge in [-0.3, -0.25) is 4.79 Å². The van der Waals surface area contributed by atoms with Crippen LogP contribution in [0.1, 0.15) is 56.9 Å². The van der Waals surface area contributed by atoms with E-state index in [1.165, 1.54) is 36.4 Å². The predicted octanol–water partition coefficient (Wildman–Crippen LogP) is 2.38. The third-order valence-corrected chi connectivity index (χ3v) is 9.19. The minimum absolute atomic E-state index is 0.0136. The lowest BCUT2D eigenvalue weighted by molar-refractivity contribution is -0.146. The maximum Gasteiger partial charge on any atom is 0.243 e. The average Bonchev–Trinajstić information content (AvgIpc) is 2.81. The Morgan fingerprint density at radius 1 is 1.09 bits per heavy atom. The number of hydrogen-bond acceptors (Lipinski definition) is 6. The van der Waals surface area contributed by atoms with Crippen molar-refractivity contribution in [2.24, 2.45) is 5.92 Å². The fraction of sp³-hybridized carbons (Fsp3) is 0.720. The third kappa shape index (κ3) is 6.37. The quantitative estimate of drug-likeness (QED) is 0.629. The molecule has 1 saturated carbocycles. The van der Waals surface area contributed by atoms with E-state index in [4.69, 9.17) is 9.47 Å². The molecule has 3 fully saturated rings. The highest BCUT2D eigenvalue weighted by atomic mass is 32.2. The van der Waals surface area contributed by atoms with E-state index in [-0.39, 0.29) is 43.1 Å². The summed E-state index contributed by atoms with van der Waals surface area (Å²) in [5.41, 5.74) is 0.975. The third-order valence-electron chi connectivity index (χ3n) is 7.29. The van der Waals surface area contributed by atoms with Gasteiger partial charge in [-0.1, -0.05) is 37.0 Å². The number of carbonyl (C=O) groups is 1. The Morgan fingerprint density at radius 3 is 2.56 bits per heavy atom. The molecule has 1 amide bonds. The lowest BCUT2D eigenvalue weighted by Gasteiger charge is -2.43. The Balaban J connectivity index is 1.40. The highest BCUT2D eigenvalue weighted by Gasteiger charge is 2.43. The van der Waals surface area contributed by atoms with Crippen molar-refractivity contribution in [3.8, 4) is 0 Å². The average molecular weight is 495 g/mol. The number of β-amino-alcohol motifs (C(OH)–C–C–N with tert-alkyl or cyclic N) is 1. The largest absolute Gasteiger partial charge is 0.389 e. The summed E-state index contributed by atoms with van der Waals surface area (Å²) in [6.07, 6.45) is 5.85. The number of aliphatic hydroxyl groups is 1. The molecular weight excluding hydrogens is 456 g/mol. The van der Waals surface area contributed by atoms with Crippen molar-refractivity contribution in [3.63, 3.8) is 0 Å². The molecule has 0 aromatic heterocycles. The number of sulfonamides is 1. The second kappa shape index (κ2) is 11.5. The molecule has 2 saturated heterocycles. The van der Waals surface area contributed by atoms with Crippen molar-refractivity contribution >= 4 is 15.9 Å². The van der Waals surface area contributed by atoms with Gasteiger partial charge >= 0.3 is 0 Å². The smallest absolute Gasteiger partial charge is 0.243 e. The first-order valence-electron chi connectivity index (χ1n) is 12.6. The van der Waals surface area contributed by atoms with E-state index in [2.05, 4.69) is 5.32 Å². The molecule has 2 aliphatic heterocycles. The number of amides is 1. The zero-order valence-corrected chi connectivity index (χ0v) is 20.8. The number of nitrogens with zero attached hydrogens (tertiary/aromatic N) is 1. The number of nitrogens with one attached hydrogen (secondary N) is 1. The first-order chi connectivity index (χ1) is 16.3. The lowest BCUT2D eigenvalue weighted by atomic mass is 9.89. The maximum atomic E-state index is 13.5. The highest BCUT2D eigenvalue weighted by molar-refractivity contribution is 7.89. The van der Waals surface area contributed by atoms with Crippen LogP contribution in [-0.2, 0) is 24.3 Å². The van der Waals surface area contributed by atoms with Gasteiger partial charge in [0.05, 0.1) is 48.9 Å². The van der Waals surface area contributed by atoms with Crippen LogP contribution >= 0.6 is 0 Å². The van der Waals surface area contributed by atoms with E-state index in [1.807, 2.05) is 6.92 Å². The van der Waals surface area contributed by atoms with Gasteiger partial charge in [0, 0.05) is 13.1 Å². The van der Waals surface area contributed by atoms with Crippen LogP contribution in [0.25, 0.3) is 0 Å². The summed E-state index contributed by atoms with van der Waals surface area (Å²) >= 11 is 0. The van der Waals surface area contributed by atoms with Crippen LogP contribution in [0.3, 0.4) is 0 Å². The van der Waals surface area contributed by atoms with Gasteiger partial charge < -0.3 is 19.9 Å². The SMILES string of the molecule is Cc1ccc(S(=O)(=O)N2C[C@@H](O)COC[C@@H]3O[C@H](CC(=O)NCC4CCCCC4)CC[C@H]32)cc1. The standard InChI is InChI=1S/C25H38N2O6S/c1-18-7-10-22(11-8-18)34(30,31)27-15-20(28)16-32-17-24-23(27)12-9-21(33-24)13-25(29)26-14-19-5-3-2-4-6-19/h7-8,10-11,19-21,23-24,28H,2-6,9,12-17H2,1H3,(H,26,29)/t20-,21+,23-,24+/m1/s1. The van der Waals surface area contributed by atoms with Crippen LogP contribution in [0.2, 0.25) is 0 Å². The van der Waals surface area contributed by atoms with Crippen molar-refractivity contribution in [1.82, 2.24) is 9.62 Å². The van der Waals surface area contributed by atoms with E-state index in [9.17, 15) is 18.3 Å². The van der Waals surface area contributed by atoms with E-state index < -0.39 is 28.3 Å². The molecule has 1 aromatic rings. The molecule has 3 aliphatic rings. The van der Waals surface area contributed by atoms with Crippen molar-refractivity contribution in [3.05, 3.63) is 29.8 Å². The Kier molecular flexibility index (Phi) is 8.63. The molecule has 0 bridgehead atoms. The van der Waals surface area contributed by atoms with Crippen LogP contribution < -0.4 is 5.32 Å². The van der Waals surface area contributed by atoms with Gasteiger partial charge in [0.2, 0.25) is 15.9 Å². The Labute approximate surface area is 203 Å². The van der Waals surface area contributed by atoms with Gasteiger partial charge in [0.1, 0.15) is 0 Å². The summed E-state index contributed by atoms with van der Waals surface area (Å²) in [6.45, 7) is 2.80. The van der Waals surface area contributed by atoms with E-state index in [1.54, 1.807) is 24.3 Å². The Morgan fingerprint density at radius 2 is 1.82 bits per heavy atom. The molecule has 2 heterocycles. The second-order valence-electron chi connectivity index (χ2n) is 10.0. The molecule has 2 N–H and O–H groups in total. The molecule has 4 atom stereocenters. The predicted molar refractivity (Wildman–Crippen MR) is 128 cm³/mol. The molecule has 0 radical (unpaired) electrons. The minimum atomic E-state index is -3.82. The summed E-state index contributed by atoms with van der Waals surface area (Å²) in [5, 5.41) is 13.4. The van der Waals surface area contributed by atoms with Crippen molar-refractivity contribution in [2.75, 3.05) is 26.3 Å². The summed E-state index contributed by atoms with van der Waals surface area (Å²) in [6, 6.07) is 6.29. The van der Waals surface area contributed by atoms with Gasteiger partial charge in [-0.2, -0.15) is 4.31 Å². The van der Waals surface area contributed by atoms with Crippen LogP contribution in [0, 0.1) is 12.8 Å². The molecule has 8 nitrogen and oxygen atoms in total. The number of aliphatic hydroxyl groups excluding tert-OH is 1. The van der Waals surface area contributed by atoms with E-state index >= 15 is 0 Å². The van der Waals surface area contributed by atoms with Gasteiger partial charge in [0.15, 0.2) is 0 Å². The summed E-state index contributed by atoms with van der Waals surface area (Å²) in [7, 11) is -3.82. The monoisotopic (exact) mass is 494 g/mol. The minimum Gasteiger partial charge on any atom is -0.389 e. The fourth-order valence-electron chi connectivity index (χ4n) is 5.34. The zero-order chi connectivity index (χ0) is 24.1. The van der Waals surface area contributed by atoms with Crippen LogP contribution in [0.4, 0.5) is 0 Å². The second-order valence-corrected chi connectivity index (χ2v) is 11.9. The van der Waals surface area contributed by atoms with Crippen molar-refractivity contribution in [2.45, 2.75) is 87.5 Å². The number of rotatable bonds is 6. The lowest BCUT2D eigenvalue weighted by Crippen LogP contribution is -2.57. The van der Waals surface area contributed by atoms with Crippen LogP contribution in [-0.4, -0.2) is 74.4 Å². The number of aryl methyl sites for hydroxylation is 1. The molecule has 0 unspecified atom stereocenters. The molecule has 9 heteroatoms. The normalized spacial score (nSPS) is 29.6. The topological polar surface area (TPSA) is 105 Å². The number of hydrogen-bond donors (Lipinski definition) is 2. The highest BCUT2D eigenvalue weighted by Crippen LogP contribution is 2.31. The van der Waals surface area contributed by atoms with E-state index in [0.29, 0.717) is 18.8 Å². The molecular formula is C25H38N2O6S. The van der Waals surface area contributed by atoms with Gasteiger partial charge in [-0.05, 0) is 50.7 Å². The molecule has 1 aromatic carbocycles. The molecule has 4 rings (SSSR count). The van der Waals surface area contributed by atoms with Gasteiger partial charge in [-0.25, -0.2) is 8.42 Å². The first kappa shape index (κ1) is 25.6. The molecule has 34 heavy (non-hydrogen) atoms. The fourth-order valence-corrected chi connectivity index (χ4v) is 7.06. The van der Waals surface area contributed by atoms with E-state index in [0.717, 1.165) is 12.1 Å². The number of carbonyl (C=O) groups excluding carboxylic acids is 1. The zero-order valence-electron chi connectivity index (χ0n) is 20.0. The summed E-state index contributed by atoms with van der Waals surface area (Å²) in [5.74, 6) is 0.556. The number of ether oxygens (including phenoxy) is 2. The van der Waals surface area contributed by atoms with Gasteiger partial charge in [-0.15, -0.1) is 0 Å². The maximum absolute atomic E-state index is 13.5. The molecule has 0 spiro atoms. The van der Waals surface area contributed by atoms with Crippen LogP contribution in [0.15, 0.2) is 29.2 Å². The molecule has 1 aliphatic carbocycles. The Hall–Kier alpha value is -1.52.